The Bertz CT molecular complexity index is 4.69. The fourth-order valence-corrected chi connectivity index (χ4v) is 0. The first-order chi connectivity index (χ1) is 0. The van der Waals surface area contributed by atoms with E-state index in [1.807, 2.05) is 0 Å². The van der Waals surface area contributed by atoms with E-state index >= 15 is 0 Å². The van der Waals surface area contributed by atoms with Gasteiger partial charge in [0.25, 0.3) is 0 Å². The predicted octanol–water partition coefficient (Wildman–Crippen LogP) is -0.119. The van der Waals surface area contributed by atoms with Gasteiger partial charge in [0.1, 0.15) is 0 Å². The molecule has 0 aromatic carbocycles. The quantitative estimate of drug-likeness (QED) is 0.565. The van der Waals surface area contributed by atoms with Crippen LogP contribution in [0.2, 0.25) is 0 Å². The molecule has 0 aliphatic carbocycles. The van der Waals surface area contributed by atoms with E-state index in [9.17, 15) is 0 Å². The number of hydrogen-bond donors (Lipinski definition) is 0. The van der Waals surface area contributed by atoms with Gasteiger partial charge in [0.05, 0.1) is 0 Å². The second-order valence-electron chi connectivity index (χ2n) is 0. The van der Waals surface area contributed by atoms with E-state index in [0.29, 0.717) is 0 Å². The molecule has 0 spiro atoms. The van der Waals surface area contributed by atoms with Crippen molar-refractivity contribution in [2.24, 2.45) is 0 Å². The van der Waals surface area contributed by atoms with E-state index in [1.54, 1.807) is 0 Å². The second-order valence-corrected chi connectivity index (χ2v) is 0. The van der Waals surface area contributed by atoms with Crippen LogP contribution in [-0.4, -0.2) is 0 Å². The zero-order valence-corrected chi connectivity index (χ0v) is 9.95. The van der Waals surface area contributed by atoms with E-state index in [0.717, 1.165) is 0 Å². The number of hydrogen-bond acceptors (Lipinski definition) is 0. The van der Waals surface area contributed by atoms with Crippen molar-refractivity contribution in [1.82, 2.24) is 0 Å². The van der Waals surface area contributed by atoms with Gasteiger partial charge >= 0.3 is 0 Å². The molecule has 1 nitrogen and oxygen atoms in total. The van der Waals surface area contributed by atoms with Crippen LogP contribution in [0.1, 0.15) is 0 Å². The summed E-state index contributed by atoms with van der Waals surface area (Å²) >= 11 is 0. The van der Waals surface area contributed by atoms with Crippen LogP contribution in [0, 0.1) is 340 Å². The molecular weight excluding hydrogens is 376 g/mol. The summed E-state index contributed by atoms with van der Waals surface area (Å²) in [5, 5.41) is 0. The van der Waals surface area contributed by atoms with Crippen LogP contribution in [0.25, 0.3) is 0 Å². The summed E-state index contributed by atoms with van der Waals surface area (Å²) < 4.78 is 0. The van der Waals surface area contributed by atoms with Crippen molar-refractivity contribution in [2.75, 3.05) is 0 Å². The molecule has 0 bridgehead atoms. The average Bonchev–Trinajstić information content (AvgIpc) is 0. The first kappa shape index (κ1) is 68.7. The fourth-order valence-electron chi connectivity index (χ4n) is 0. The molecular formula is Ar9O. The minimum absolute atomic E-state index is 0. The Kier molecular flexibility index (Phi) is 407. The van der Waals surface area contributed by atoms with Crippen molar-refractivity contribution in [2.45, 2.75) is 0 Å². The minimum atomic E-state index is 0. The van der Waals surface area contributed by atoms with Crippen LogP contribution in [0.4, 0.5) is 0 Å². The van der Waals surface area contributed by atoms with Gasteiger partial charge in [-0.05, 0) is 0 Å². The first-order valence-electron chi connectivity index (χ1n) is 0. The van der Waals surface area contributed by atoms with Gasteiger partial charge in [-0.3, -0.25) is 0 Å². The number of rotatable bonds is 0. The molecule has 0 unspecified atom stereocenters. The van der Waals surface area contributed by atoms with Gasteiger partial charge in [-0.15, -0.1) is 0 Å². The van der Waals surface area contributed by atoms with Crippen molar-refractivity contribution >= 4 is 0 Å². The van der Waals surface area contributed by atoms with Gasteiger partial charge in [0.2, 0.25) is 0 Å². The monoisotopic (exact) mass is 376 g/mol. The Labute approximate surface area is 332 Å². The summed E-state index contributed by atoms with van der Waals surface area (Å²) in [4.78, 5) is 0. The fraction of sp³-hybridized carbons (Fsp3) is 0. The molecule has 0 rings (SSSR count). The molecule has 0 atom stereocenters. The molecule has 0 amide bonds. The van der Waals surface area contributed by atoms with Crippen LogP contribution >= 0.6 is 0 Å². The van der Waals surface area contributed by atoms with Gasteiger partial charge in [0, 0.05) is 345 Å². The van der Waals surface area contributed by atoms with Crippen LogP contribution in [0.15, 0.2) is 0 Å². The van der Waals surface area contributed by atoms with Crippen LogP contribution < -0.4 is 0 Å². The third-order valence-corrected chi connectivity index (χ3v) is 0. The van der Waals surface area contributed by atoms with Crippen LogP contribution in [0.5, 0.6) is 0 Å². The zero-order chi connectivity index (χ0) is 0. The molecule has 0 aromatic heterocycles. The summed E-state index contributed by atoms with van der Waals surface area (Å²) in [6.07, 6.45) is 0. The van der Waals surface area contributed by atoms with Crippen LogP contribution in [-0.2, 0) is 5.48 Å². The third kappa shape index (κ3) is 50.6. The van der Waals surface area contributed by atoms with Gasteiger partial charge in [-0.1, -0.05) is 0 Å². The molecule has 0 heterocycles. The Morgan fingerprint density at radius 3 is 0.200 bits per heavy atom. The van der Waals surface area contributed by atoms with Gasteiger partial charge in [-0.25, -0.2) is 0 Å². The van der Waals surface area contributed by atoms with E-state index < -0.39 is 0 Å². The Morgan fingerprint density at radius 2 is 0.200 bits per heavy atom. The molecule has 78 valence electrons. The Morgan fingerprint density at radius 1 is 0.200 bits per heavy atom. The molecule has 0 aliphatic heterocycles. The molecule has 2 radical (unpaired) electrons. The smallest absolute Gasteiger partial charge is 0 e. The normalized spacial score (nSPS) is 0. The van der Waals surface area contributed by atoms with Crippen molar-refractivity contribution < 1.29 is 345 Å². The summed E-state index contributed by atoms with van der Waals surface area (Å²) in [6, 6.07) is 0. The second kappa shape index (κ2) is 59.2. The Balaban J connectivity index is 0. The van der Waals surface area contributed by atoms with Crippen LogP contribution in [0.3, 0.4) is 0 Å². The van der Waals surface area contributed by atoms with Crippen molar-refractivity contribution in [3.63, 3.8) is 0 Å². The molecule has 0 fully saturated rings. The van der Waals surface area contributed by atoms with Crippen molar-refractivity contribution in [3.8, 4) is 0 Å². The average molecular weight is 376 g/mol. The zero-order valence-electron chi connectivity index (χ0n) is 3.59. The topological polar surface area (TPSA) is 28.5 Å². The predicted molar refractivity (Wildman–Crippen MR) is 0.686 cm³/mol. The summed E-state index contributed by atoms with van der Waals surface area (Å²) in [6.45, 7) is 0. The van der Waals surface area contributed by atoms with E-state index in [-0.39, 0.29) is 345 Å². The maximum absolute atomic E-state index is 0. The van der Waals surface area contributed by atoms with E-state index in [1.165, 1.54) is 0 Å². The first-order valence-corrected chi connectivity index (χ1v) is 0. The molecule has 0 N–H and O–H groups in total. The standard InChI is InChI=1S/9Ar.O. The SMILES string of the molecule is [Ar].[Ar].[Ar].[Ar].[Ar].[Ar].[Ar].[Ar].[Ar].[O]. The molecule has 10 heteroatoms. The van der Waals surface area contributed by atoms with Gasteiger partial charge < -0.3 is 0 Å². The molecule has 0 saturated heterocycles. The van der Waals surface area contributed by atoms with Crippen molar-refractivity contribution in [3.05, 3.63) is 0 Å². The summed E-state index contributed by atoms with van der Waals surface area (Å²) in [5.41, 5.74) is 0. The van der Waals surface area contributed by atoms with E-state index in [2.05, 4.69) is 0 Å². The van der Waals surface area contributed by atoms with Gasteiger partial charge in [0.15, 0.2) is 0 Å². The third-order valence-electron chi connectivity index (χ3n) is 0. The maximum Gasteiger partial charge on any atom is 0 e. The molecule has 0 saturated carbocycles. The molecule has 0 aromatic rings. The largest absolute Gasteiger partial charge is 0 e. The van der Waals surface area contributed by atoms with E-state index in [4.69, 9.17) is 0 Å². The van der Waals surface area contributed by atoms with Gasteiger partial charge in [-0.2, -0.15) is 0 Å². The minimum Gasteiger partial charge on any atom is 0 e. The maximum atomic E-state index is 0. The summed E-state index contributed by atoms with van der Waals surface area (Å²) in [7, 11) is 0. The molecule has 10 heavy (non-hydrogen) atoms. The van der Waals surface area contributed by atoms with Crippen molar-refractivity contribution in [1.29, 1.82) is 0 Å². The molecule has 0 aliphatic rings. The Hall–Kier alpha value is 11.3. The summed E-state index contributed by atoms with van der Waals surface area (Å²) in [5.74, 6) is 0.